The Kier molecular flexibility index (Phi) is 6.30. The number of carbonyl (C=O) groups is 1. The number of halogens is 1. The van der Waals surface area contributed by atoms with Gasteiger partial charge in [0.15, 0.2) is 0 Å². The monoisotopic (exact) mass is 522 g/mol. The summed E-state index contributed by atoms with van der Waals surface area (Å²) in [6.07, 6.45) is 7.90. The molecule has 4 aliphatic carbocycles. The third kappa shape index (κ3) is 4.56. The molecule has 37 heavy (non-hydrogen) atoms. The maximum Gasteiger partial charge on any atom is 0.292 e. The molecule has 4 bridgehead atoms. The Bertz CT molecular complexity index is 1170. The van der Waals surface area contributed by atoms with Crippen molar-refractivity contribution in [1.29, 1.82) is 0 Å². The summed E-state index contributed by atoms with van der Waals surface area (Å²) >= 11 is 6.24. The van der Waals surface area contributed by atoms with Crippen LogP contribution in [0, 0.1) is 33.3 Å². The SMILES string of the molecule is CC(Nc1cc(N2CCN(C(=O)c3ccccc3Cl)CC2)ccc1[N+](=O)[O-])C12CC3CC(CC(C3)C1)C2. The molecular weight excluding hydrogens is 488 g/mol. The van der Waals surface area contributed by atoms with E-state index in [-0.39, 0.29) is 28.0 Å². The molecular formula is C29H35ClN4O3. The third-order valence-corrected chi connectivity index (χ3v) is 9.92. The molecule has 5 aliphatic rings. The second-order valence-corrected chi connectivity index (χ2v) is 12.3. The van der Waals surface area contributed by atoms with E-state index in [9.17, 15) is 14.9 Å². The van der Waals surface area contributed by atoms with Crippen LogP contribution in [-0.4, -0.2) is 48.0 Å². The van der Waals surface area contributed by atoms with Gasteiger partial charge in [-0.2, -0.15) is 0 Å². The van der Waals surface area contributed by atoms with Crippen molar-refractivity contribution in [2.45, 2.75) is 51.5 Å². The number of anilines is 2. The zero-order chi connectivity index (χ0) is 25.7. The van der Waals surface area contributed by atoms with Crippen molar-refractivity contribution in [2.75, 3.05) is 36.4 Å². The summed E-state index contributed by atoms with van der Waals surface area (Å²) in [5.41, 5.74) is 2.48. The molecule has 2 aromatic rings. The van der Waals surface area contributed by atoms with Crippen LogP contribution in [-0.2, 0) is 0 Å². The van der Waals surface area contributed by atoms with Crippen LogP contribution in [0.4, 0.5) is 17.1 Å². The van der Waals surface area contributed by atoms with Gasteiger partial charge in [0.05, 0.1) is 15.5 Å². The fourth-order valence-electron chi connectivity index (χ4n) is 8.06. The van der Waals surface area contributed by atoms with E-state index in [1.165, 1.54) is 38.5 Å². The van der Waals surface area contributed by atoms with E-state index in [0.29, 0.717) is 42.5 Å². The first-order chi connectivity index (χ1) is 17.8. The molecule has 1 amide bonds. The first kappa shape index (κ1) is 24.5. The second-order valence-electron chi connectivity index (χ2n) is 11.9. The Morgan fingerprint density at radius 1 is 1.03 bits per heavy atom. The van der Waals surface area contributed by atoms with Crippen LogP contribution in [0.1, 0.15) is 55.8 Å². The highest BCUT2D eigenvalue weighted by Crippen LogP contribution is 2.61. The molecule has 1 aliphatic heterocycles. The van der Waals surface area contributed by atoms with Gasteiger partial charge < -0.3 is 15.1 Å². The number of carbonyl (C=O) groups excluding carboxylic acids is 1. The molecule has 7 nitrogen and oxygen atoms in total. The van der Waals surface area contributed by atoms with Gasteiger partial charge in [-0.1, -0.05) is 23.7 Å². The van der Waals surface area contributed by atoms with Crippen LogP contribution in [0.3, 0.4) is 0 Å². The lowest BCUT2D eigenvalue weighted by molar-refractivity contribution is -0.384. The summed E-state index contributed by atoms with van der Waals surface area (Å²) in [6.45, 7) is 4.72. The summed E-state index contributed by atoms with van der Waals surface area (Å²) in [4.78, 5) is 28.6. The highest BCUT2D eigenvalue weighted by molar-refractivity contribution is 6.33. The Balaban J connectivity index is 1.17. The van der Waals surface area contributed by atoms with Crippen molar-refractivity contribution in [1.82, 2.24) is 4.90 Å². The molecule has 2 aromatic carbocycles. The van der Waals surface area contributed by atoms with Crippen LogP contribution >= 0.6 is 11.6 Å². The lowest BCUT2D eigenvalue weighted by Crippen LogP contribution is -2.53. The molecule has 0 aromatic heterocycles. The second kappa shape index (κ2) is 9.50. The zero-order valence-electron chi connectivity index (χ0n) is 21.4. The van der Waals surface area contributed by atoms with Gasteiger partial charge >= 0.3 is 0 Å². The summed E-state index contributed by atoms with van der Waals surface area (Å²) in [7, 11) is 0. The van der Waals surface area contributed by atoms with E-state index in [2.05, 4.69) is 17.1 Å². The topological polar surface area (TPSA) is 78.7 Å². The van der Waals surface area contributed by atoms with Crippen molar-refractivity contribution >= 4 is 34.6 Å². The standard InChI is InChI=1S/C29H35ClN4O3/c1-19(29-16-20-12-21(17-29)14-22(13-20)18-29)31-26-15-23(6-7-27(26)34(36)37)32-8-10-33(11-9-32)28(35)24-4-2-3-5-25(24)30/h2-7,15,19-22,31H,8-14,16-18H2,1H3. The predicted molar refractivity (Wildman–Crippen MR) is 146 cm³/mol. The number of hydrogen-bond donors (Lipinski definition) is 1. The van der Waals surface area contributed by atoms with Gasteiger partial charge in [-0.05, 0) is 92.9 Å². The number of amides is 1. The number of hydrogen-bond acceptors (Lipinski definition) is 5. The van der Waals surface area contributed by atoms with Crippen molar-refractivity contribution in [2.24, 2.45) is 23.2 Å². The molecule has 0 spiro atoms. The van der Waals surface area contributed by atoms with Crippen molar-refractivity contribution in [3.8, 4) is 0 Å². The highest BCUT2D eigenvalue weighted by Gasteiger charge is 2.53. The lowest BCUT2D eigenvalue weighted by Gasteiger charge is -2.59. The molecule has 1 N–H and O–H groups in total. The van der Waals surface area contributed by atoms with Crippen molar-refractivity contribution in [3.05, 3.63) is 63.2 Å². The number of piperazine rings is 1. The van der Waals surface area contributed by atoms with Crippen LogP contribution in [0.5, 0.6) is 0 Å². The lowest BCUT2D eigenvalue weighted by atomic mass is 9.48. The normalized spacial score (nSPS) is 29.3. The Morgan fingerprint density at radius 3 is 2.24 bits per heavy atom. The van der Waals surface area contributed by atoms with Crippen molar-refractivity contribution in [3.63, 3.8) is 0 Å². The quantitative estimate of drug-likeness (QED) is 0.359. The molecule has 8 heteroatoms. The van der Waals surface area contributed by atoms with Crippen LogP contribution in [0.25, 0.3) is 0 Å². The first-order valence-electron chi connectivity index (χ1n) is 13.6. The Hall–Kier alpha value is -2.80. The number of nitrogens with one attached hydrogen (secondary N) is 1. The maximum atomic E-state index is 13.0. The molecule has 5 fully saturated rings. The zero-order valence-corrected chi connectivity index (χ0v) is 22.1. The molecule has 4 saturated carbocycles. The molecule has 0 radical (unpaired) electrons. The van der Waals surface area contributed by atoms with Gasteiger partial charge in [0.25, 0.3) is 11.6 Å². The van der Waals surface area contributed by atoms with Gasteiger partial charge in [0.2, 0.25) is 0 Å². The van der Waals surface area contributed by atoms with Gasteiger partial charge in [-0.25, -0.2) is 0 Å². The number of rotatable bonds is 6. The third-order valence-electron chi connectivity index (χ3n) is 9.59. The molecule has 1 atom stereocenters. The summed E-state index contributed by atoms with van der Waals surface area (Å²) in [6, 6.07) is 12.7. The highest BCUT2D eigenvalue weighted by atomic mass is 35.5. The maximum absolute atomic E-state index is 13.0. The number of nitro benzene ring substituents is 1. The van der Waals surface area contributed by atoms with Crippen molar-refractivity contribution < 1.29 is 9.72 Å². The number of benzene rings is 2. The average molecular weight is 523 g/mol. The molecule has 1 unspecified atom stereocenters. The van der Waals surface area contributed by atoms with Crippen LogP contribution < -0.4 is 10.2 Å². The van der Waals surface area contributed by atoms with E-state index in [1.54, 1.807) is 18.2 Å². The number of nitro groups is 1. The molecule has 1 saturated heterocycles. The Labute approximate surface area is 223 Å². The van der Waals surface area contributed by atoms with E-state index < -0.39 is 0 Å². The molecule has 1 heterocycles. The largest absolute Gasteiger partial charge is 0.376 e. The average Bonchev–Trinajstić information content (AvgIpc) is 2.88. The van der Waals surface area contributed by atoms with E-state index in [4.69, 9.17) is 11.6 Å². The minimum atomic E-state index is -0.279. The minimum absolute atomic E-state index is 0.0549. The van der Waals surface area contributed by atoms with E-state index in [0.717, 1.165) is 23.4 Å². The Morgan fingerprint density at radius 2 is 1.65 bits per heavy atom. The summed E-state index contributed by atoms with van der Waals surface area (Å²) in [5, 5.41) is 16.0. The fourth-order valence-corrected chi connectivity index (χ4v) is 8.28. The van der Waals surface area contributed by atoms with Gasteiger partial charge in [-0.3, -0.25) is 14.9 Å². The minimum Gasteiger partial charge on any atom is -0.376 e. The van der Waals surface area contributed by atoms with E-state index in [1.807, 2.05) is 29.2 Å². The molecule has 7 rings (SSSR count). The fraction of sp³-hybridized carbons (Fsp3) is 0.552. The van der Waals surface area contributed by atoms with E-state index >= 15 is 0 Å². The summed E-state index contributed by atoms with van der Waals surface area (Å²) in [5.74, 6) is 2.45. The van der Waals surface area contributed by atoms with Crippen LogP contribution in [0.15, 0.2) is 42.5 Å². The van der Waals surface area contributed by atoms with Gasteiger partial charge in [-0.15, -0.1) is 0 Å². The van der Waals surface area contributed by atoms with Crippen LogP contribution in [0.2, 0.25) is 5.02 Å². The summed E-state index contributed by atoms with van der Waals surface area (Å²) < 4.78 is 0. The number of nitrogens with zero attached hydrogens (tertiary/aromatic N) is 3. The van der Waals surface area contributed by atoms with Gasteiger partial charge in [0.1, 0.15) is 5.69 Å². The first-order valence-corrected chi connectivity index (χ1v) is 14.0. The predicted octanol–water partition coefficient (Wildman–Crippen LogP) is 6.23. The molecule has 196 valence electrons. The van der Waals surface area contributed by atoms with Gasteiger partial charge in [0, 0.05) is 44.0 Å². The smallest absolute Gasteiger partial charge is 0.292 e.